The summed E-state index contributed by atoms with van der Waals surface area (Å²) in [5, 5.41) is 0. The lowest BCUT2D eigenvalue weighted by molar-refractivity contribution is -0.997. The van der Waals surface area contributed by atoms with E-state index in [0.717, 1.165) is 34.0 Å². The number of hydrogen-bond acceptors (Lipinski definition) is 1. The molecule has 338 valence electrons. The van der Waals surface area contributed by atoms with Gasteiger partial charge in [0.25, 0.3) is 0 Å². The van der Waals surface area contributed by atoms with Gasteiger partial charge < -0.3 is 4.74 Å². The van der Waals surface area contributed by atoms with E-state index < -0.39 is 5.85 Å². The lowest BCUT2D eigenvalue weighted by atomic mass is 9.65. The van der Waals surface area contributed by atoms with Gasteiger partial charge >= 0.3 is 11.7 Å². The summed E-state index contributed by atoms with van der Waals surface area (Å²) in [6, 6.07) is 48.8. The summed E-state index contributed by atoms with van der Waals surface area (Å²) in [4.78, 5) is 0. The molecule has 4 nitrogen and oxygen atoms in total. The molecule has 0 radical (unpaired) electrons. The molecule has 1 unspecified atom stereocenters. The van der Waals surface area contributed by atoms with Crippen LogP contribution in [0.3, 0.4) is 0 Å². The number of benzene rings is 6. The molecule has 2 aromatic heterocycles. The Morgan fingerprint density at radius 1 is 0.507 bits per heavy atom. The lowest BCUT2D eigenvalue weighted by Gasteiger charge is -2.39. The van der Waals surface area contributed by atoms with Crippen molar-refractivity contribution in [1.82, 2.24) is 4.57 Å². The molecule has 8 aromatic rings. The third kappa shape index (κ3) is 6.16. The Morgan fingerprint density at radius 3 is 1.81 bits per heavy atom. The standard InChI is InChI=1S/C63H67N3O/c1-38-24-26-39(27-25-38)41-30-31-64-53(32-41)48-35-43(58(2,3)4)34-47-45-22-19-23-52-55(45)66-57(49-36-44(59(5,6)7)37-50(60(8,9)10)56(49)67-63(64,66)54(47)48)65(52)51-29-28-42(62(14,15)61(11,12)13)33-46(51)40-20-17-16-18-21-40/h16-37H,1-15H3/q+2. The molecular formula is C63H67N3O+2. The Bertz CT molecular complexity index is 3370. The molecule has 3 aliphatic rings. The molecule has 3 aliphatic heterocycles. The second kappa shape index (κ2) is 13.9. The minimum absolute atomic E-state index is 0.0302. The van der Waals surface area contributed by atoms with E-state index in [1.807, 2.05) is 0 Å². The summed E-state index contributed by atoms with van der Waals surface area (Å²) >= 11 is 0. The Morgan fingerprint density at radius 2 is 1.15 bits per heavy atom. The fraction of sp³-hybridized carbons (Fsp3) is 0.333. The number of nitrogens with zero attached hydrogens (tertiary/aromatic N) is 3. The van der Waals surface area contributed by atoms with Crippen LogP contribution in [0.25, 0.3) is 72.7 Å². The molecule has 5 heterocycles. The van der Waals surface area contributed by atoms with E-state index in [2.05, 4.69) is 251 Å². The minimum Gasteiger partial charge on any atom is -0.392 e. The molecule has 1 spiro atoms. The molecule has 0 fully saturated rings. The van der Waals surface area contributed by atoms with Crippen LogP contribution in [0.4, 0.5) is 0 Å². The van der Waals surface area contributed by atoms with Gasteiger partial charge in [-0.15, -0.1) is 9.13 Å². The summed E-state index contributed by atoms with van der Waals surface area (Å²) in [5.74, 6) is 0.992. The first-order valence-electron chi connectivity index (χ1n) is 24.4. The van der Waals surface area contributed by atoms with Gasteiger partial charge in [-0.2, -0.15) is 4.57 Å². The highest BCUT2D eigenvalue weighted by Crippen LogP contribution is 2.57. The fourth-order valence-corrected chi connectivity index (χ4v) is 10.9. The first kappa shape index (κ1) is 43.3. The van der Waals surface area contributed by atoms with Crippen LogP contribution >= 0.6 is 0 Å². The van der Waals surface area contributed by atoms with Crippen LogP contribution < -0.4 is 13.9 Å². The van der Waals surface area contributed by atoms with E-state index in [9.17, 15) is 0 Å². The normalized spacial score (nSPS) is 16.2. The van der Waals surface area contributed by atoms with Gasteiger partial charge in [0.15, 0.2) is 23.0 Å². The molecule has 0 amide bonds. The van der Waals surface area contributed by atoms with E-state index >= 15 is 0 Å². The molecular weight excluding hydrogens is 815 g/mol. The highest BCUT2D eigenvalue weighted by atomic mass is 16.5. The third-order valence-corrected chi connectivity index (χ3v) is 15.9. The number of rotatable bonds is 4. The van der Waals surface area contributed by atoms with Crippen molar-refractivity contribution in [3.63, 3.8) is 0 Å². The topological polar surface area (TPSA) is 21.9 Å². The fourth-order valence-electron chi connectivity index (χ4n) is 10.9. The van der Waals surface area contributed by atoms with Crippen molar-refractivity contribution in [2.45, 2.75) is 131 Å². The lowest BCUT2D eigenvalue weighted by Crippen LogP contribution is -2.78. The third-order valence-electron chi connectivity index (χ3n) is 15.9. The van der Waals surface area contributed by atoms with Gasteiger partial charge in [0, 0.05) is 34.4 Å². The maximum absolute atomic E-state index is 8.19. The number of aromatic nitrogens is 3. The average Bonchev–Trinajstić information content (AvgIpc) is 3.76. The predicted molar refractivity (Wildman–Crippen MR) is 277 cm³/mol. The van der Waals surface area contributed by atoms with Crippen LogP contribution in [-0.2, 0) is 27.5 Å². The summed E-state index contributed by atoms with van der Waals surface area (Å²) < 4.78 is 15.9. The van der Waals surface area contributed by atoms with Crippen molar-refractivity contribution >= 4 is 11.0 Å². The Kier molecular flexibility index (Phi) is 8.99. The summed E-state index contributed by atoms with van der Waals surface area (Å²) in [6.45, 7) is 35.1. The first-order valence-corrected chi connectivity index (χ1v) is 24.4. The first-order chi connectivity index (χ1) is 31.4. The quantitative estimate of drug-likeness (QED) is 0.161. The zero-order chi connectivity index (χ0) is 47.5. The average molecular weight is 882 g/mol. The van der Waals surface area contributed by atoms with Crippen LogP contribution in [0.2, 0.25) is 0 Å². The van der Waals surface area contributed by atoms with Gasteiger partial charge in [-0.3, -0.25) is 0 Å². The monoisotopic (exact) mass is 882 g/mol. The molecule has 67 heavy (non-hydrogen) atoms. The Hall–Kier alpha value is -6.26. The number of aryl methyl sites for hydroxylation is 1. The van der Waals surface area contributed by atoms with Gasteiger partial charge in [-0.25, -0.2) is 0 Å². The maximum Gasteiger partial charge on any atom is 0.499 e. The van der Waals surface area contributed by atoms with Gasteiger partial charge in [0.1, 0.15) is 16.8 Å². The molecule has 6 aromatic carbocycles. The smallest absolute Gasteiger partial charge is 0.392 e. The Labute approximate surface area is 398 Å². The highest BCUT2D eigenvalue weighted by molar-refractivity contribution is 5.98. The zero-order valence-electron chi connectivity index (χ0n) is 42.5. The number of ether oxygens (including phenoxy) is 1. The van der Waals surface area contributed by atoms with E-state index in [1.54, 1.807) is 0 Å². The molecule has 1 atom stereocenters. The van der Waals surface area contributed by atoms with E-state index in [4.69, 9.17) is 4.74 Å². The number of para-hydroxylation sites is 1. The molecule has 0 saturated carbocycles. The number of hydrogen-bond donors (Lipinski definition) is 0. The van der Waals surface area contributed by atoms with Crippen LogP contribution in [0.15, 0.2) is 134 Å². The summed E-state index contributed by atoms with van der Waals surface area (Å²) in [7, 11) is 0. The van der Waals surface area contributed by atoms with E-state index in [1.165, 1.54) is 77.8 Å². The highest BCUT2D eigenvalue weighted by Gasteiger charge is 2.69. The van der Waals surface area contributed by atoms with Gasteiger partial charge in [-0.05, 0) is 110 Å². The number of imidazole rings is 1. The van der Waals surface area contributed by atoms with Crippen LogP contribution in [-0.4, -0.2) is 4.57 Å². The molecule has 0 bridgehead atoms. The Balaban J connectivity index is 1.36. The van der Waals surface area contributed by atoms with Crippen molar-refractivity contribution in [3.05, 3.63) is 167 Å². The zero-order valence-corrected chi connectivity index (χ0v) is 42.5. The second-order valence-corrected chi connectivity index (χ2v) is 24.5. The predicted octanol–water partition coefficient (Wildman–Crippen LogP) is 15.3. The van der Waals surface area contributed by atoms with Crippen molar-refractivity contribution in [1.29, 1.82) is 0 Å². The van der Waals surface area contributed by atoms with Gasteiger partial charge in [0.2, 0.25) is 5.69 Å². The van der Waals surface area contributed by atoms with Crippen LogP contribution in [0, 0.1) is 12.3 Å². The number of pyridine rings is 1. The molecule has 11 rings (SSSR count). The van der Waals surface area contributed by atoms with E-state index in [0.29, 0.717) is 0 Å². The van der Waals surface area contributed by atoms with Crippen molar-refractivity contribution in [3.8, 4) is 67.5 Å². The van der Waals surface area contributed by atoms with Crippen molar-refractivity contribution in [2.75, 3.05) is 0 Å². The number of fused-ring (bicyclic) bond motifs is 5. The summed E-state index contributed by atoms with van der Waals surface area (Å²) in [5.41, 5.74) is 21.3. The SMILES string of the molecule is Cc1ccc(-c2cc[n+]3c(c2)-c2cc(C(C)(C)C)cc4c2C32Oc3c(cc(C(C)(C)C)cc3C(C)(C)C)-c3n(-c5ccc(C(C)(C)C(C)(C)C)cc5-c5ccccc5)c5cccc-4c5[n+]32)cc1. The maximum atomic E-state index is 8.19. The minimum atomic E-state index is -1.08. The summed E-state index contributed by atoms with van der Waals surface area (Å²) in [6.07, 6.45) is 2.31. The second-order valence-electron chi connectivity index (χ2n) is 24.5. The molecule has 0 N–H and O–H groups in total. The van der Waals surface area contributed by atoms with Crippen molar-refractivity contribution < 1.29 is 13.9 Å². The largest absolute Gasteiger partial charge is 0.499 e. The van der Waals surface area contributed by atoms with Crippen molar-refractivity contribution in [2.24, 2.45) is 5.41 Å². The molecule has 4 heteroatoms. The van der Waals surface area contributed by atoms with Gasteiger partial charge in [-0.1, -0.05) is 175 Å². The van der Waals surface area contributed by atoms with E-state index in [-0.39, 0.29) is 27.1 Å². The molecule has 0 saturated heterocycles. The molecule has 0 aliphatic carbocycles. The van der Waals surface area contributed by atoms with Gasteiger partial charge in [0.05, 0.1) is 5.56 Å². The van der Waals surface area contributed by atoms with Crippen LogP contribution in [0.5, 0.6) is 5.75 Å². The van der Waals surface area contributed by atoms with Crippen LogP contribution in [0.1, 0.15) is 130 Å².